The van der Waals surface area contributed by atoms with Crippen molar-refractivity contribution >= 4 is 23.1 Å². The van der Waals surface area contributed by atoms with Crippen molar-refractivity contribution in [3.63, 3.8) is 0 Å². The van der Waals surface area contributed by atoms with Crippen molar-refractivity contribution in [2.45, 2.75) is 19.8 Å². The summed E-state index contributed by atoms with van der Waals surface area (Å²) in [5.41, 5.74) is 3.19. The summed E-state index contributed by atoms with van der Waals surface area (Å²) in [6.45, 7) is 4.28. The Balaban J connectivity index is 1.71. The molecule has 1 aromatic heterocycles. The van der Waals surface area contributed by atoms with Gasteiger partial charge in [-0.2, -0.15) is 0 Å². The Labute approximate surface area is 147 Å². The van der Waals surface area contributed by atoms with Crippen LogP contribution in [-0.4, -0.2) is 16.1 Å². The summed E-state index contributed by atoms with van der Waals surface area (Å²) < 4.78 is 0. The molecule has 5 heteroatoms. The molecule has 2 N–H and O–H groups in total. The summed E-state index contributed by atoms with van der Waals surface area (Å²) in [7, 11) is 0. The van der Waals surface area contributed by atoms with E-state index in [-0.39, 0.29) is 11.6 Å². The Morgan fingerprint density at radius 2 is 1.60 bits per heavy atom. The van der Waals surface area contributed by atoms with Gasteiger partial charge in [0.1, 0.15) is 0 Å². The number of amides is 1. The van der Waals surface area contributed by atoms with Crippen LogP contribution in [0.4, 0.5) is 17.2 Å². The lowest BCUT2D eigenvalue weighted by Crippen LogP contribution is -2.14. The van der Waals surface area contributed by atoms with E-state index in [4.69, 9.17) is 0 Å². The molecule has 0 saturated carbocycles. The van der Waals surface area contributed by atoms with E-state index in [9.17, 15) is 4.79 Å². The molecule has 25 heavy (non-hydrogen) atoms. The van der Waals surface area contributed by atoms with E-state index in [1.807, 2.05) is 48.5 Å². The minimum Gasteiger partial charge on any atom is -0.338 e. The average Bonchev–Trinajstić information content (AvgIpc) is 2.63. The highest BCUT2D eigenvalue weighted by atomic mass is 16.1. The van der Waals surface area contributed by atoms with E-state index in [0.29, 0.717) is 11.7 Å². The Bertz CT molecular complexity index is 845. The fourth-order valence-electron chi connectivity index (χ4n) is 2.49. The molecule has 1 amide bonds. The number of rotatable bonds is 5. The molecule has 0 aliphatic heterocycles. The van der Waals surface area contributed by atoms with Crippen LogP contribution >= 0.6 is 0 Å². The third-order valence-electron chi connectivity index (χ3n) is 3.77. The van der Waals surface area contributed by atoms with E-state index in [1.165, 1.54) is 5.56 Å². The Kier molecular flexibility index (Phi) is 5.04. The van der Waals surface area contributed by atoms with Crippen molar-refractivity contribution in [3.05, 3.63) is 78.0 Å². The number of hydrogen-bond donors (Lipinski definition) is 2. The van der Waals surface area contributed by atoms with Crippen LogP contribution in [0.3, 0.4) is 0 Å². The van der Waals surface area contributed by atoms with Crippen LogP contribution in [0.25, 0.3) is 0 Å². The number of carbonyl (C=O) groups is 1. The smallest absolute Gasteiger partial charge is 0.276 e. The Morgan fingerprint density at radius 3 is 2.28 bits per heavy atom. The molecule has 0 atom stereocenters. The number of nitrogens with one attached hydrogen (secondary N) is 2. The van der Waals surface area contributed by atoms with Crippen molar-refractivity contribution in [2.75, 3.05) is 10.6 Å². The second-order valence-electron chi connectivity index (χ2n) is 5.99. The fraction of sp³-hybridized carbons (Fsp3) is 0.150. The molecule has 0 aliphatic rings. The van der Waals surface area contributed by atoms with Gasteiger partial charge in [0, 0.05) is 11.4 Å². The quantitative estimate of drug-likeness (QED) is 0.717. The van der Waals surface area contributed by atoms with Crippen molar-refractivity contribution in [3.8, 4) is 0 Å². The van der Waals surface area contributed by atoms with Crippen LogP contribution < -0.4 is 10.6 Å². The van der Waals surface area contributed by atoms with Gasteiger partial charge in [0.2, 0.25) is 0 Å². The van der Waals surface area contributed by atoms with Gasteiger partial charge in [-0.1, -0.05) is 50.2 Å². The molecule has 2 aromatic carbocycles. The standard InChI is InChI=1S/C20H20N4O/c1-14(2)16-10-6-7-11-17(16)22-19-13-12-18(23-24-19)20(25)21-15-8-4-3-5-9-15/h3-14H,1-2H3,(H,21,25)(H,22,24). The predicted molar refractivity (Wildman–Crippen MR) is 100 cm³/mol. The second kappa shape index (κ2) is 7.57. The van der Waals surface area contributed by atoms with E-state index in [2.05, 4.69) is 40.7 Å². The summed E-state index contributed by atoms with van der Waals surface area (Å²) in [4.78, 5) is 12.2. The maximum atomic E-state index is 12.2. The van der Waals surface area contributed by atoms with Gasteiger partial charge in [-0.25, -0.2) is 0 Å². The lowest BCUT2D eigenvalue weighted by molar-refractivity contribution is 0.102. The van der Waals surface area contributed by atoms with Gasteiger partial charge in [0.25, 0.3) is 5.91 Å². The van der Waals surface area contributed by atoms with Gasteiger partial charge in [0.15, 0.2) is 11.5 Å². The SMILES string of the molecule is CC(C)c1ccccc1Nc1ccc(C(=O)Nc2ccccc2)nn1. The van der Waals surface area contributed by atoms with Crippen molar-refractivity contribution in [1.82, 2.24) is 10.2 Å². The topological polar surface area (TPSA) is 66.9 Å². The highest BCUT2D eigenvalue weighted by molar-refractivity contribution is 6.02. The number of hydrogen-bond acceptors (Lipinski definition) is 4. The average molecular weight is 332 g/mol. The number of aromatic nitrogens is 2. The maximum absolute atomic E-state index is 12.2. The Morgan fingerprint density at radius 1 is 0.880 bits per heavy atom. The molecule has 5 nitrogen and oxygen atoms in total. The minimum absolute atomic E-state index is 0.270. The van der Waals surface area contributed by atoms with Crippen LogP contribution in [0.2, 0.25) is 0 Å². The molecule has 1 heterocycles. The van der Waals surface area contributed by atoms with Gasteiger partial charge in [-0.05, 0) is 41.8 Å². The van der Waals surface area contributed by atoms with Crippen molar-refractivity contribution < 1.29 is 4.79 Å². The van der Waals surface area contributed by atoms with Gasteiger partial charge in [-0.3, -0.25) is 4.79 Å². The van der Waals surface area contributed by atoms with Gasteiger partial charge in [-0.15, -0.1) is 10.2 Å². The van der Waals surface area contributed by atoms with Gasteiger partial charge >= 0.3 is 0 Å². The molecule has 0 spiro atoms. The van der Waals surface area contributed by atoms with Crippen molar-refractivity contribution in [2.24, 2.45) is 0 Å². The zero-order valence-corrected chi connectivity index (χ0v) is 14.2. The molecular weight excluding hydrogens is 312 g/mol. The van der Waals surface area contributed by atoms with Crippen LogP contribution in [-0.2, 0) is 0 Å². The summed E-state index contributed by atoms with van der Waals surface area (Å²) in [5, 5.41) is 14.2. The molecule has 3 aromatic rings. The Hall–Kier alpha value is -3.21. The molecular formula is C20H20N4O. The summed E-state index contributed by atoms with van der Waals surface area (Å²) in [5.74, 6) is 0.713. The number of carbonyl (C=O) groups excluding carboxylic acids is 1. The summed E-state index contributed by atoms with van der Waals surface area (Å²) in [6, 6.07) is 20.8. The first kappa shape index (κ1) is 16.6. The monoisotopic (exact) mass is 332 g/mol. The molecule has 0 unspecified atom stereocenters. The minimum atomic E-state index is -0.284. The van der Waals surface area contributed by atoms with Gasteiger partial charge in [0.05, 0.1) is 0 Å². The molecule has 3 rings (SSSR count). The summed E-state index contributed by atoms with van der Waals surface area (Å²) in [6.07, 6.45) is 0. The van der Waals surface area contributed by atoms with Gasteiger partial charge < -0.3 is 10.6 Å². The first-order valence-corrected chi connectivity index (χ1v) is 8.19. The highest BCUT2D eigenvalue weighted by Crippen LogP contribution is 2.25. The van der Waals surface area contributed by atoms with Crippen LogP contribution in [0.1, 0.15) is 35.8 Å². The van der Waals surface area contributed by atoms with Crippen LogP contribution in [0.5, 0.6) is 0 Å². The van der Waals surface area contributed by atoms with Crippen molar-refractivity contribution in [1.29, 1.82) is 0 Å². The maximum Gasteiger partial charge on any atom is 0.276 e. The third-order valence-corrected chi connectivity index (χ3v) is 3.77. The summed E-state index contributed by atoms with van der Waals surface area (Å²) >= 11 is 0. The van der Waals surface area contributed by atoms with E-state index >= 15 is 0 Å². The molecule has 0 fully saturated rings. The molecule has 0 bridgehead atoms. The first-order chi connectivity index (χ1) is 12.1. The molecule has 0 saturated heterocycles. The largest absolute Gasteiger partial charge is 0.338 e. The number of nitrogens with zero attached hydrogens (tertiary/aromatic N) is 2. The second-order valence-corrected chi connectivity index (χ2v) is 5.99. The number of anilines is 3. The fourth-order valence-corrected chi connectivity index (χ4v) is 2.49. The number of para-hydroxylation sites is 2. The van der Waals surface area contributed by atoms with E-state index in [1.54, 1.807) is 12.1 Å². The first-order valence-electron chi connectivity index (χ1n) is 8.19. The predicted octanol–water partition coefficient (Wildman–Crippen LogP) is 4.60. The van der Waals surface area contributed by atoms with E-state index < -0.39 is 0 Å². The van der Waals surface area contributed by atoms with E-state index in [0.717, 1.165) is 11.4 Å². The lowest BCUT2D eigenvalue weighted by Gasteiger charge is -2.13. The highest BCUT2D eigenvalue weighted by Gasteiger charge is 2.10. The lowest BCUT2D eigenvalue weighted by atomic mass is 10.0. The van der Waals surface area contributed by atoms with Crippen LogP contribution in [0, 0.1) is 0 Å². The zero-order valence-electron chi connectivity index (χ0n) is 14.2. The van der Waals surface area contributed by atoms with Crippen LogP contribution in [0.15, 0.2) is 66.7 Å². The molecule has 0 radical (unpaired) electrons. The zero-order chi connectivity index (χ0) is 17.6. The molecule has 0 aliphatic carbocycles. The third kappa shape index (κ3) is 4.20. The number of benzene rings is 2. The molecule has 126 valence electrons. The normalized spacial score (nSPS) is 10.5.